The number of nitro groups is 1. The maximum Gasteiger partial charge on any atom is 0.269 e. The molecule has 6 atom stereocenters. The van der Waals surface area contributed by atoms with E-state index in [1.54, 1.807) is 47.4 Å². The van der Waals surface area contributed by atoms with E-state index >= 15 is 4.79 Å². The van der Waals surface area contributed by atoms with Crippen LogP contribution in [0.15, 0.2) is 145 Å². The van der Waals surface area contributed by atoms with Crippen LogP contribution in [0.3, 0.4) is 0 Å². The maximum atomic E-state index is 15.4. The van der Waals surface area contributed by atoms with E-state index in [1.165, 1.54) is 24.3 Å². The molecule has 0 radical (unpaired) electrons. The molecule has 2 N–H and O–H groups in total. The van der Waals surface area contributed by atoms with Crippen molar-refractivity contribution in [2.75, 3.05) is 26.4 Å². The van der Waals surface area contributed by atoms with E-state index in [0.29, 0.717) is 47.8 Å². The molecule has 0 spiro atoms. The van der Waals surface area contributed by atoms with Crippen molar-refractivity contribution < 1.29 is 43.4 Å². The number of aliphatic hydroxyl groups is 2. The first-order valence-corrected chi connectivity index (χ1v) is 24.0. The molecule has 5 aromatic carbocycles. The van der Waals surface area contributed by atoms with Crippen molar-refractivity contribution in [3.8, 4) is 11.5 Å². The number of rotatable bonds is 22. The van der Waals surface area contributed by atoms with Gasteiger partial charge in [0.05, 0.1) is 23.2 Å². The molecule has 0 bridgehead atoms. The van der Waals surface area contributed by atoms with E-state index in [1.807, 2.05) is 67.6 Å². The van der Waals surface area contributed by atoms with Gasteiger partial charge in [0.15, 0.2) is 0 Å². The van der Waals surface area contributed by atoms with Crippen LogP contribution in [-0.4, -0.2) is 69.9 Å². The van der Waals surface area contributed by atoms with Crippen molar-refractivity contribution in [3.63, 3.8) is 0 Å². The van der Waals surface area contributed by atoms with Gasteiger partial charge < -0.3 is 34.2 Å². The molecule has 69 heavy (non-hydrogen) atoms. The monoisotopic (exact) mass is 937 g/mol. The number of hydrogen-bond donors (Lipinski definition) is 2. The summed E-state index contributed by atoms with van der Waals surface area (Å²) in [7, 11) is 0. The SMILES string of the molecule is C=CCO[C@@]12Oc3ccc(OCc4ccccc4F)cc3[C@H]3[C@H](CCCCO)[C@@H](CCCCO)C=C(C(=NOCC)C[C@@H]1N(Cc1cccc4ccccc14)C(=O)C=Cc1ccc([N+](=O)[O-])cc1)[C@H]32. The van der Waals surface area contributed by atoms with E-state index in [9.17, 15) is 24.7 Å². The van der Waals surface area contributed by atoms with E-state index in [2.05, 4.69) is 12.7 Å². The molecule has 1 saturated carbocycles. The Balaban J connectivity index is 1.33. The van der Waals surface area contributed by atoms with Gasteiger partial charge in [-0.05, 0) is 114 Å². The van der Waals surface area contributed by atoms with Crippen molar-refractivity contribution in [1.82, 2.24) is 4.90 Å². The van der Waals surface area contributed by atoms with Crippen LogP contribution in [0.1, 0.15) is 80.0 Å². The first kappa shape index (κ1) is 48.8. The fraction of sp³-hybridized carbons (Fsp3) is 0.357. The molecule has 0 aromatic heterocycles. The van der Waals surface area contributed by atoms with Gasteiger partial charge in [-0.15, -0.1) is 6.58 Å². The third-order valence-electron chi connectivity index (χ3n) is 13.7. The molecule has 5 aromatic rings. The molecular formula is C56H60FN3O9. The molecule has 360 valence electrons. The number of non-ortho nitro benzene ring substituents is 1. The number of hydrogen-bond acceptors (Lipinski definition) is 10. The van der Waals surface area contributed by atoms with Crippen LogP contribution in [-0.2, 0) is 27.5 Å². The highest BCUT2D eigenvalue weighted by atomic mass is 19.1. The third-order valence-corrected chi connectivity index (χ3v) is 13.7. The minimum Gasteiger partial charge on any atom is -0.489 e. The Morgan fingerprint density at radius 1 is 0.957 bits per heavy atom. The van der Waals surface area contributed by atoms with Crippen molar-refractivity contribution in [2.45, 2.75) is 82.8 Å². The summed E-state index contributed by atoms with van der Waals surface area (Å²) in [6, 6.07) is 31.4. The Labute approximate surface area is 402 Å². The molecule has 1 heterocycles. The van der Waals surface area contributed by atoms with Crippen molar-refractivity contribution in [2.24, 2.45) is 22.9 Å². The predicted octanol–water partition coefficient (Wildman–Crippen LogP) is 10.9. The topological polar surface area (TPSA) is 153 Å². The molecule has 3 aliphatic rings. The Morgan fingerprint density at radius 3 is 2.45 bits per heavy atom. The highest BCUT2D eigenvalue weighted by molar-refractivity contribution is 6.03. The second kappa shape index (κ2) is 22.6. The fourth-order valence-electron chi connectivity index (χ4n) is 10.6. The number of amides is 1. The zero-order valence-corrected chi connectivity index (χ0v) is 39.0. The molecule has 1 fully saturated rings. The van der Waals surface area contributed by atoms with E-state index in [0.717, 1.165) is 53.2 Å². The number of halogens is 1. The molecule has 2 aliphatic carbocycles. The molecule has 1 aliphatic heterocycles. The maximum absolute atomic E-state index is 15.4. The quantitative estimate of drug-likeness (QED) is 0.0227. The number of ether oxygens (including phenoxy) is 3. The second-order valence-electron chi connectivity index (χ2n) is 17.9. The summed E-state index contributed by atoms with van der Waals surface area (Å²) in [6.07, 6.45) is 11.6. The highest BCUT2D eigenvalue weighted by Gasteiger charge is 2.65. The first-order valence-electron chi connectivity index (χ1n) is 24.0. The zero-order valence-electron chi connectivity index (χ0n) is 39.0. The largest absolute Gasteiger partial charge is 0.489 e. The molecule has 0 unspecified atom stereocenters. The normalized spacial score (nSPS) is 22.1. The number of oxime groups is 1. The second-order valence-corrected chi connectivity index (χ2v) is 17.9. The van der Waals surface area contributed by atoms with Crippen LogP contribution in [0.25, 0.3) is 16.8 Å². The Bertz CT molecular complexity index is 2700. The number of carbonyl (C=O) groups is 1. The van der Waals surface area contributed by atoms with Gasteiger partial charge in [0, 0.05) is 61.4 Å². The van der Waals surface area contributed by atoms with Gasteiger partial charge in [0.25, 0.3) is 5.69 Å². The Kier molecular flexibility index (Phi) is 16.0. The smallest absolute Gasteiger partial charge is 0.269 e. The van der Waals surface area contributed by atoms with Crippen LogP contribution in [0.2, 0.25) is 0 Å². The lowest BCUT2D eigenvalue weighted by Crippen LogP contribution is -2.70. The standard InChI is InChI=1S/C56H60FN3O9/c1-3-32-67-56-52(59(36-41-18-13-17-39-14-5-7-19-45(39)41)53(63)29-24-38-22-25-43(26-23-38)60(64)65)35-50(58-68-4-2)47-33-40(15-9-11-30-61)46(20-10-12-31-62)54(55(47)56)48-34-44(27-28-51(48)69-56)66-37-42-16-6-8-21-49(42)57/h3,5-8,13-14,16-19,21-29,33-34,40,46,52,54-55,61-62H,1,4,9-12,15,20,30-32,35-37H2,2H3/t40-,46+,52-,54+,55+,56+/m0/s1. The minimum absolute atomic E-state index is 0.00747. The number of nitrogens with zero attached hydrogens (tertiary/aromatic N) is 3. The van der Waals surface area contributed by atoms with E-state index in [4.69, 9.17) is 24.2 Å². The van der Waals surface area contributed by atoms with Gasteiger partial charge in [0.2, 0.25) is 11.7 Å². The Hall–Kier alpha value is -6.67. The molecule has 0 saturated heterocycles. The van der Waals surface area contributed by atoms with E-state index < -0.39 is 22.7 Å². The van der Waals surface area contributed by atoms with Crippen LogP contribution in [0.4, 0.5) is 10.1 Å². The van der Waals surface area contributed by atoms with Crippen molar-refractivity contribution in [1.29, 1.82) is 0 Å². The zero-order chi connectivity index (χ0) is 48.3. The number of carbonyl (C=O) groups excluding carboxylic acids is 1. The molecule has 1 amide bonds. The summed E-state index contributed by atoms with van der Waals surface area (Å²) < 4.78 is 35.8. The number of unbranched alkanes of at least 4 members (excludes halogenated alkanes) is 2. The summed E-state index contributed by atoms with van der Waals surface area (Å²) >= 11 is 0. The average Bonchev–Trinajstić information content (AvgIpc) is 3.37. The van der Waals surface area contributed by atoms with Gasteiger partial charge in [-0.3, -0.25) is 14.9 Å². The van der Waals surface area contributed by atoms with Crippen LogP contribution in [0.5, 0.6) is 11.5 Å². The summed E-state index contributed by atoms with van der Waals surface area (Å²) in [6.45, 7) is 6.58. The van der Waals surface area contributed by atoms with Gasteiger partial charge in [-0.1, -0.05) is 90.8 Å². The number of benzene rings is 5. The summed E-state index contributed by atoms with van der Waals surface area (Å²) in [4.78, 5) is 34.1. The molecule has 12 nitrogen and oxygen atoms in total. The number of allylic oxidation sites excluding steroid dienone is 1. The summed E-state index contributed by atoms with van der Waals surface area (Å²) in [5.74, 6) is -2.07. The summed E-state index contributed by atoms with van der Waals surface area (Å²) in [5, 5.41) is 38.3. The van der Waals surface area contributed by atoms with Gasteiger partial charge >= 0.3 is 0 Å². The predicted molar refractivity (Wildman–Crippen MR) is 264 cm³/mol. The van der Waals surface area contributed by atoms with Crippen molar-refractivity contribution >= 4 is 34.2 Å². The lowest BCUT2D eigenvalue weighted by atomic mass is 9.55. The molecule has 8 rings (SSSR count). The van der Waals surface area contributed by atoms with E-state index in [-0.39, 0.29) is 74.6 Å². The minimum atomic E-state index is -1.54. The van der Waals surface area contributed by atoms with Gasteiger partial charge in [-0.2, -0.15) is 0 Å². The number of aliphatic hydroxyl groups excluding tert-OH is 2. The van der Waals surface area contributed by atoms with Crippen molar-refractivity contribution in [3.05, 3.63) is 178 Å². The van der Waals surface area contributed by atoms with Gasteiger partial charge in [0.1, 0.15) is 36.6 Å². The number of nitro benzene ring substituents is 1. The lowest BCUT2D eigenvalue weighted by Gasteiger charge is -2.60. The van der Waals surface area contributed by atoms with Crippen LogP contribution in [0, 0.1) is 33.7 Å². The fourth-order valence-corrected chi connectivity index (χ4v) is 10.6. The third kappa shape index (κ3) is 10.7. The first-order chi connectivity index (χ1) is 33.7. The summed E-state index contributed by atoms with van der Waals surface area (Å²) in [5.41, 5.74) is 4.28. The van der Waals surface area contributed by atoms with Gasteiger partial charge in [-0.25, -0.2) is 4.39 Å². The number of fused-ring (bicyclic) bond motifs is 3. The lowest BCUT2D eigenvalue weighted by molar-refractivity contribution is -0.384. The van der Waals surface area contributed by atoms with Crippen LogP contribution < -0.4 is 9.47 Å². The average molecular weight is 938 g/mol. The molecule has 13 heteroatoms. The Morgan fingerprint density at radius 2 is 1.70 bits per heavy atom. The molecular weight excluding hydrogens is 878 g/mol. The van der Waals surface area contributed by atoms with Crippen LogP contribution >= 0.6 is 0 Å². The highest BCUT2D eigenvalue weighted by Crippen LogP contribution is 2.62.